The molecule has 0 aliphatic rings. The van der Waals surface area contributed by atoms with Gasteiger partial charge in [0.1, 0.15) is 5.82 Å². The van der Waals surface area contributed by atoms with E-state index in [9.17, 15) is 0 Å². The molecule has 2 N–H and O–H groups in total. The van der Waals surface area contributed by atoms with Crippen molar-refractivity contribution in [1.82, 2.24) is 15.5 Å². The van der Waals surface area contributed by atoms with Gasteiger partial charge in [0.15, 0.2) is 0 Å². The molecule has 5 heteroatoms. The van der Waals surface area contributed by atoms with Gasteiger partial charge in [-0.1, -0.05) is 0 Å². The van der Waals surface area contributed by atoms with Crippen LogP contribution in [0.5, 0.6) is 0 Å². The zero-order chi connectivity index (χ0) is 10.9. The van der Waals surface area contributed by atoms with Crippen LogP contribution < -0.4 is 10.6 Å². The summed E-state index contributed by atoms with van der Waals surface area (Å²) in [6, 6.07) is 3.87. The molecule has 0 amide bonds. The first-order valence-corrected chi connectivity index (χ1v) is 5.07. The number of nitrogens with one attached hydrogen (secondary N) is 2. The van der Waals surface area contributed by atoms with Gasteiger partial charge >= 0.3 is 0 Å². The molecule has 0 aromatic carbocycles. The summed E-state index contributed by atoms with van der Waals surface area (Å²) in [4.78, 5) is 0. The molecule has 1 aromatic heterocycles. The summed E-state index contributed by atoms with van der Waals surface area (Å²) in [5.41, 5.74) is 0.929. The zero-order valence-electron chi connectivity index (χ0n) is 9.29. The molecule has 0 radical (unpaired) electrons. The first-order chi connectivity index (χ1) is 7.33. The minimum absolute atomic E-state index is 0.740. The summed E-state index contributed by atoms with van der Waals surface area (Å²) in [7, 11) is 1.70. The molecular weight excluding hydrogens is 192 g/mol. The van der Waals surface area contributed by atoms with Gasteiger partial charge in [0, 0.05) is 26.7 Å². The number of aromatic nitrogens is 2. The minimum Gasteiger partial charge on any atom is -0.383 e. The van der Waals surface area contributed by atoms with Gasteiger partial charge in [0.25, 0.3) is 0 Å². The second-order valence-electron chi connectivity index (χ2n) is 3.23. The number of hydrogen-bond acceptors (Lipinski definition) is 5. The predicted molar refractivity (Wildman–Crippen MR) is 60.0 cm³/mol. The number of ether oxygens (including phenoxy) is 1. The van der Waals surface area contributed by atoms with Crippen molar-refractivity contribution in [2.75, 3.05) is 38.7 Å². The van der Waals surface area contributed by atoms with Gasteiger partial charge in [0.05, 0.1) is 12.3 Å². The topological polar surface area (TPSA) is 59.1 Å². The molecule has 0 fully saturated rings. The van der Waals surface area contributed by atoms with E-state index in [1.54, 1.807) is 7.11 Å². The molecule has 1 heterocycles. The maximum Gasteiger partial charge on any atom is 0.148 e. The molecule has 0 unspecified atom stereocenters. The molecule has 84 valence electrons. The lowest BCUT2D eigenvalue weighted by molar-refractivity contribution is 0.200. The second kappa shape index (κ2) is 7.14. The Bertz CT molecular complexity index is 263. The van der Waals surface area contributed by atoms with Crippen molar-refractivity contribution in [2.45, 2.75) is 6.92 Å². The predicted octanol–water partition coefficient (Wildman–Crippen LogP) is 0.433. The third-order valence-corrected chi connectivity index (χ3v) is 1.89. The molecule has 0 atom stereocenters. The molecule has 0 saturated heterocycles. The average molecular weight is 210 g/mol. The van der Waals surface area contributed by atoms with Crippen molar-refractivity contribution in [3.8, 4) is 0 Å². The van der Waals surface area contributed by atoms with Crippen LogP contribution in [0.4, 0.5) is 5.82 Å². The third-order valence-electron chi connectivity index (χ3n) is 1.89. The fourth-order valence-electron chi connectivity index (χ4n) is 1.07. The average Bonchev–Trinajstić information content (AvgIpc) is 2.26. The van der Waals surface area contributed by atoms with Gasteiger partial charge in [-0.3, -0.25) is 0 Å². The minimum atomic E-state index is 0.740. The summed E-state index contributed by atoms with van der Waals surface area (Å²) in [5, 5.41) is 14.4. The second-order valence-corrected chi connectivity index (χ2v) is 3.23. The highest BCUT2D eigenvalue weighted by Crippen LogP contribution is 1.99. The highest BCUT2D eigenvalue weighted by Gasteiger charge is 1.93. The molecule has 0 aliphatic carbocycles. The summed E-state index contributed by atoms with van der Waals surface area (Å²) in [6.45, 7) is 5.26. The SMILES string of the molecule is COCCNCCNc1ccc(C)nn1. The molecule has 5 nitrogen and oxygen atoms in total. The van der Waals surface area contributed by atoms with E-state index in [-0.39, 0.29) is 0 Å². The summed E-state index contributed by atoms with van der Waals surface area (Å²) < 4.78 is 4.91. The van der Waals surface area contributed by atoms with Crippen molar-refractivity contribution < 1.29 is 4.74 Å². The van der Waals surface area contributed by atoms with Crippen LogP contribution in [0, 0.1) is 6.92 Å². The lowest BCUT2D eigenvalue weighted by atomic mass is 10.4. The van der Waals surface area contributed by atoms with E-state index in [4.69, 9.17) is 4.74 Å². The normalized spacial score (nSPS) is 10.3. The number of anilines is 1. The Morgan fingerprint density at radius 3 is 2.73 bits per heavy atom. The number of methoxy groups -OCH3 is 1. The summed E-state index contributed by atoms with van der Waals surface area (Å²) >= 11 is 0. The number of hydrogen-bond donors (Lipinski definition) is 2. The van der Waals surface area contributed by atoms with Crippen molar-refractivity contribution in [3.05, 3.63) is 17.8 Å². The van der Waals surface area contributed by atoms with Crippen molar-refractivity contribution in [2.24, 2.45) is 0 Å². The summed E-state index contributed by atoms with van der Waals surface area (Å²) in [6.07, 6.45) is 0. The van der Waals surface area contributed by atoms with Crippen LogP contribution in [0.3, 0.4) is 0 Å². The fraction of sp³-hybridized carbons (Fsp3) is 0.600. The van der Waals surface area contributed by atoms with Gasteiger partial charge in [-0.2, -0.15) is 5.10 Å². The third kappa shape index (κ3) is 5.29. The van der Waals surface area contributed by atoms with Crippen LogP contribution in [-0.2, 0) is 4.74 Å². The van der Waals surface area contributed by atoms with E-state index in [0.29, 0.717) is 0 Å². The Kier molecular flexibility index (Phi) is 5.65. The largest absolute Gasteiger partial charge is 0.383 e. The molecule has 0 saturated carbocycles. The Morgan fingerprint density at radius 1 is 1.20 bits per heavy atom. The number of nitrogens with zero attached hydrogens (tertiary/aromatic N) is 2. The van der Waals surface area contributed by atoms with Crippen LogP contribution in [0.25, 0.3) is 0 Å². The molecule has 1 aromatic rings. The van der Waals surface area contributed by atoms with E-state index in [2.05, 4.69) is 20.8 Å². The molecule has 0 spiro atoms. The molecule has 0 aliphatic heterocycles. The van der Waals surface area contributed by atoms with E-state index in [1.807, 2.05) is 19.1 Å². The number of rotatable bonds is 7. The van der Waals surface area contributed by atoms with Gasteiger partial charge in [0.2, 0.25) is 0 Å². The van der Waals surface area contributed by atoms with E-state index >= 15 is 0 Å². The lowest BCUT2D eigenvalue weighted by Crippen LogP contribution is -2.25. The van der Waals surface area contributed by atoms with E-state index in [1.165, 1.54) is 0 Å². The van der Waals surface area contributed by atoms with Gasteiger partial charge in [-0.25, -0.2) is 0 Å². The first kappa shape index (κ1) is 11.9. The highest BCUT2D eigenvalue weighted by molar-refractivity contribution is 5.32. The Balaban J connectivity index is 2.07. The maximum atomic E-state index is 4.91. The van der Waals surface area contributed by atoms with E-state index < -0.39 is 0 Å². The quantitative estimate of drug-likeness (QED) is 0.639. The highest BCUT2D eigenvalue weighted by atomic mass is 16.5. The molecule has 0 bridgehead atoms. The van der Waals surface area contributed by atoms with Gasteiger partial charge in [-0.15, -0.1) is 5.10 Å². The van der Waals surface area contributed by atoms with Crippen molar-refractivity contribution in [3.63, 3.8) is 0 Å². The van der Waals surface area contributed by atoms with Crippen LogP contribution >= 0.6 is 0 Å². The maximum absolute atomic E-state index is 4.91. The van der Waals surface area contributed by atoms with Gasteiger partial charge < -0.3 is 15.4 Å². The number of aryl methyl sites for hydroxylation is 1. The lowest BCUT2D eigenvalue weighted by Gasteiger charge is -2.06. The first-order valence-electron chi connectivity index (χ1n) is 5.07. The zero-order valence-corrected chi connectivity index (χ0v) is 9.29. The summed E-state index contributed by atoms with van der Waals surface area (Å²) in [5.74, 6) is 0.814. The van der Waals surface area contributed by atoms with Crippen molar-refractivity contribution >= 4 is 5.82 Å². The Morgan fingerprint density at radius 2 is 2.07 bits per heavy atom. The standard InChI is InChI=1S/C10H18N4O/c1-9-3-4-10(14-13-9)12-6-5-11-7-8-15-2/h3-4,11H,5-8H2,1-2H3,(H,12,14). The Hall–Kier alpha value is -1.20. The molecular formula is C10H18N4O. The van der Waals surface area contributed by atoms with Crippen LogP contribution in [0.2, 0.25) is 0 Å². The van der Waals surface area contributed by atoms with Crippen molar-refractivity contribution in [1.29, 1.82) is 0 Å². The molecule has 1 rings (SSSR count). The fourth-order valence-corrected chi connectivity index (χ4v) is 1.07. The van der Waals surface area contributed by atoms with Crippen LogP contribution in [-0.4, -0.2) is 43.5 Å². The van der Waals surface area contributed by atoms with E-state index in [0.717, 1.165) is 37.8 Å². The van der Waals surface area contributed by atoms with Gasteiger partial charge in [-0.05, 0) is 19.1 Å². The monoisotopic (exact) mass is 210 g/mol. The Labute approximate surface area is 90.2 Å². The van der Waals surface area contributed by atoms with Crippen LogP contribution in [0.15, 0.2) is 12.1 Å². The van der Waals surface area contributed by atoms with Crippen LogP contribution in [0.1, 0.15) is 5.69 Å². The molecule has 15 heavy (non-hydrogen) atoms. The smallest absolute Gasteiger partial charge is 0.148 e.